The van der Waals surface area contributed by atoms with Crippen LogP contribution >= 0.6 is 0 Å². The Hall–Kier alpha value is -3.40. The Kier molecular flexibility index (Phi) is 5.90. The number of para-hydroxylation sites is 2. The number of nitrogens with zero attached hydrogens (tertiary/aromatic N) is 2. The molecule has 0 spiro atoms. The van der Waals surface area contributed by atoms with E-state index in [4.69, 9.17) is 4.98 Å². The molecule has 0 aliphatic carbocycles. The molecule has 0 fully saturated rings. The molecule has 1 N–H and O–H groups in total. The molecule has 3 aromatic carbocycles. The van der Waals surface area contributed by atoms with E-state index in [1.165, 1.54) is 11.1 Å². The number of rotatable bonds is 6. The second kappa shape index (κ2) is 8.76. The Morgan fingerprint density at radius 3 is 2.29 bits per heavy atom. The number of benzene rings is 3. The largest absolute Gasteiger partial charge is 0.345 e. The fraction of sp³-hybridized carbons (Fsp3) is 0.259. The third-order valence-corrected chi connectivity index (χ3v) is 5.62. The van der Waals surface area contributed by atoms with Crippen LogP contribution in [0, 0.1) is 0 Å². The standard InChI is InChI=1S/C27H29N3O/c1-27(2,3)22-15-13-21(14-16-22)26(31)28-19-25-29-23-11-7-8-12-24(23)30(25)18-17-20-9-5-4-6-10-20/h4-16H,17-19H2,1-3H3,(H,28,31). The van der Waals surface area contributed by atoms with Crippen LogP contribution < -0.4 is 5.32 Å². The van der Waals surface area contributed by atoms with Gasteiger partial charge in [0.25, 0.3) is 5.91 Å². The minimum absolute atomic E-state index is 0.0681. The summed E-state index contributed by atoms with van der Waals surface area (Å²) in [4.78, 5) is 17.5. The molecule has 4 rings (SSSR count). The van der Waals surface area contributed by atoms with E-state index in [0.717, 1.165) is 29.8 Å². The maximum absolute atomic E-state index is 12.7. The van der Waals surface area contributed by atoms with Crippen LogP contribution in [0.1, 0.15) is 48.1 Å². The number of carbonyl (C=O) groups excluding carboxylic acids is 1. The predicted molar refractivity (Wildman–Crippen MR) is 126 cm³/mol. The highest BCUT2D eigenvalue weighted by molar-refractivity contribution is 5.94. The average Bonchev–Trinajstić information content (AvgIpc) is 3.13. The van der Waals surface area contributed by atoms with Gasteiger partial charge in [0.2, 0.25) is 0 Å². The summed E-state index contributed by atoms with van der Waals surface area (Å²) in [6.45, 7) is 7.71. The van der Waals surface area contributed by atoms with Crippen molar-refractivity contribution in [1.82, 2.24) is 14.9 Å². The zero-order valence-electron chi connectivity index (χ0n) is 18.4. The van der Waals surface area contributed by atoms with E-state index in [2.05, 4.69) is 61.0 Å². The second-order valence-electron chi connectivity index (χ2n) is 8.91. The van der Waals surface area contributed by atoms with Crippen molar-refractivity contribution in [3.8, 4) is 0 Å². The van der Waals surface area contributed by atoms with Crippen molar-refractivity contribution in [2.24, 2.45) is 0 Å². The SMILES string of the molecule is CC(C)(C)c1ccc(C(=O)NCc2nc3ccccc3n2CCc2ccccc2)cc1. The molecule has 1 aromatic heterocycles. The number of hydrogen-bond acceptors (Lipinski definition) is 2. The monoisotopic (exact) mass is 411 g/mol. The van der Waals surface area contributed by atoms with Gasteiger partial charge in [0.15, 0.2) is 0 Å². The van der Waals surface area contributed by atoms with Gasteiger partial charge in [-0.25, -0.2) is 4.98 Å². The smallest absolute Gasteiger partial charge is 0.251 e. The first-order chi connectivity index (χ1) is 14.9. The molecule has 31 heavy (non-hydrogen) atoms. The highest BCUT2D eigenvalue weighted by atomic mass is 16.1. The molecule has 1 heterocycles. The Morgan fingerprint density at radius 1 is 0.903 bits per heavy atom. The van der Waals surface area contributed by atoms with E-state index in [1.807, 2.05) is 48.5 Å². The number of nitrogens with one attached hydrogen (secondary N) is 1. The first kappa shape index (κ1) is 20.9. The number of imidazole rings is 1. The van der Waals surface area contributed by atoms with E-state index >= 15 is 0 Å². The normalized spacial score (nSPS) is 11.6. The Labute approximate surface area is 183 Å². The number of amides is 1. The predicted octanol–water partition coefficient (Wildman–Crippen LogP) is 5.51. The molecule has 4 heteroatoms. The lowest BCUT2D eigenvalue weighted by Gasteiger charge is -2.19. The van der Waals surface area contributed by atoms with Crippen molar-refractivity contribution in [3.05, 3.63) is 101 Å². The topological polar surface area (TPSA) is 46.9 Å². The summed E-state index contributed by atoms with van der Waals surface area (Å²) < 4.78 is 2.21. The zero-order valence-corrected chi connectivity index (χ0v) is 18.4. The molecule has 158 valence electrons. The van der Waals surface area contributed by atoms with Crippen molar-refractivity contribution in [2.75, 3.05) is 0 Å². The van der Waals surface area contributed by atoms with Crippen molar-refractivity contribution in [2.45, 2.75) is 45.7 Å². The van der Waals surface area contributed by atoms with E-state index in [-0.39, 0.29) is 11.3 Å². The first-order valence-electron chi connectivity index (χ1n) is 10.8. The number of fused-ring (bicyclic) bond motifs is 1. The molecular formula is C27H29N3O. The maximum Gasteiger partial charge on any atom is 0.251 e. The van der Waals surface area contributed by atoms with Gasteiger partial charge >= 0.3 is 0 Å². The number of hydrogen-bond donors (Lipinski definition) is 1. The van der Waals surface area contributed by atoms with Crippen molar-refractivity contribution in [1.29, 1.82) is 0 Å². The molecule has 0 aliphatic heterocycles. The molecule has 0 saturated heterocycles. The lowest BCUT2D eigenvalue weighted by molar-refractivity contribution is 0.0949. The molecule has 0 atom stereocenters. The van der Waals surface area contributed by atoms with Gasteiger partial charge in [0, 0.05) is 12.1 Å². The van der Waals surface area contributed by atoms with Crippen LogP contribution in [-0.2, 0) is 24.9 Å². The highest BCUT2D eigenvalue weighted by Gasteiger charge is 2.15. The summed E-state index contributed by atoms with van der Waals surface area (Å²) in [6.07, 6.45) is 0.913. The molecule has 0 bridgehead atoms. The van der Waals surface area contributed by atoms with Crippen molar-refractivity contribution in [3.63, 3.8) is 0 Å². The van der Waals surface area contributed by atoms with Crippen LogP contribution in [0.2, 0.25) is 0 Å². The minimum atomic E-state index is -0.0814. The van der Waals surface area contributed by atoms with Gasteiger partial charge in [-0.3, -0.25) is 4.79 Å². The fourth-order valence-corrected chi connectivity index (χ4v) is 3.78. The number of carbonyl (C=O) groups is 1. The molecular weight excluding hydrogens is 382 g/mol. The van der Waals surface area contributed by atoms with Crippen LogP contribution in [0.5, 0.6) is 0 Å². The van der Waals surface area contributed by atoms with Gasteiger partial charge in [-0.05, 0) is 47.2 Å². The van der Waals surface area contributed by atoms with Crippen LogP contribution in [0.25, 0.3) is 11.0 Å². The Bertz CT molecular complexity index is 1170. The fourth-order valence-electron chi connectivity index (χ4n) is 3.78. The summed E-state index contributed by atoms with van der Waals surface area (Å²) in [7, 11) is 0. The molecule has 0 radical (unpaired) electrons. The molecule has 4 aromatic rings. The lowest BCUT2D eigenvalue weighted by Crippen LogP contribution is -2.25. The minimum Gasteiger partial charge on any atom is -0.345 e. The maximum atomic E-state index is 12.7. The third-order valence-electron chi connectivity index (χ3n) is 5.62. The van der Waals surface area contributed by atoms with Crippen LogP contribution in [0.3, 0.4) is 0 Å². The second-order valence-corrected chi connectivity index (χ2v) is 8.91. The third kappa shape index (κ3) is 4.85. The molecule has 0 unspecified atom stereocenters. The Balaban J connectivity index is 1.50. The highest BCUT2D eigenvalue weighted by Crippen LogP contribution is 2.22. The van der Waals surface area contributed by atoms with E-state index in [1.54, 1.807) is 0 Å². The van der Waals surface area contributed by atoms with Crippen LogP contribution in [0.4, 0.5) is 0 Å². The van der Waals surface area contributed by atoms with Crippen LogP contribution in [0.15, 0.2) is 78.9 Å². The van der Waals surface area contributed by atoms with Gasteiger partial charge in [-0.2, -0.15) is 0 Å². The quantitative estimate of drug-likeness (QED) is 0.455. The molecule has 1 amide bonds. The summed E-state index contributed by atoms with van der Waals surface area (Å²) in [6, 6.07) is 26.4. The summed E-state index contributed by atoms with van der Waals surface area (Å²) in [5, 5.41) is 3.05. The van der Waals surface area contributed by atoms with E-state index in [9.17, 15) is 4.79 Å². The van der Waals surface area contributed by atoms with Crippen LogP contribution in [-0.4, -0.2) is 15.5 Å². The number of aryl methyl sites for hydroxylation is 2. The molecule has 4 nitrogen and oxygen atoms in total. The van der Waals surface area contributed by atoms with E-state index in [0.29, 0.717) is 12.1 Å². The summed E-state index contributed by atoms with van der Waals surface area (Å²) >= 11 is 0. The first-order valence-corrected chi connectivity index (χ1v) is 10.8. The zero-order chi connectivity index (χ0) is 21.8. The van der Waals surface area contributed by atoms with Gasteiger partial charge in [0.05, 0.1) is 17.6 Å². The van der Waals surface area contributed by atoms with E-state index < -0.39 is 0 Å². The summed E-state index contributed by atoms with van der Waals surface area (Å²) in [5.41, 5.74) is 5.28. The average molecular weight is 412 g/mol. The van der Waals surface area contributed by atoms with Crippen molar-refractivity contribution >= 4 is 16.9 Å². The Morgan fingerprint density at radius 2 is 1.58 bits per heavy atom. The molecule has 0 saturated carbocycles. The molecule has 0 aliphatic rings. The lowest BCUT2D eigenvalue weighted by atomic mass is 9.87. The number of aromatic nitrogens is 2. The van der Waals surface area contributed by atoms with Gasteiger partial charge in [-0.15, -0.1) is 0 Å². The van der Waals surface area contributed by atoms with Crippen molar-refractivity contribution < 1.29 is 4.79 Å². The van der Waals surface area contributed by atoms with Gasteiger partial charge in [0.1, 0.15) is 5.82 Å². The summed E-state index contributed by atoms with van der Waals surface area (Å²) in [5.74, 6) is 0.791. The van der Waals surface area contributed by atoms with Gasteiger partial charge < -0.3 is 9.88 Å². The van der Waals surface area contributed by atoms with Gasteiger partial charge in [-0.1, -0.05) is 75.4 Å².